The lowest BCUT2D eigenvalue weighted by atomic mass is 10.0. The van der Waals surface area contributed by atoms with Gasteiger partial charge in [0.15, 0.2) is 0 Å². The van der Waals surface area contributed by atoms with Gasteiger partial charge in [0.25, 0.3) is 11.6 Å². The van der Waals surface area contributed by atoms with Gasteiger partial charge in [0, 0.05) is 11.7 Å². The number of nitrogens with one attached hydrogen (secondary N) is 2. The van der Waals surface area contributed by atoms with E-state index in [1.807, 2.05) is 26.8 Å². The van der Waals surface area contributed by atoms with Crippen LogP contribution in [0.5, 0.6) is 0 Å². The van der Waals surface area contributed by atoms with E-state index in [1.165, 1.54) is 0 Å². The van der Waals surface area contributed by atoms with Crippen molar-refractivity contribution in [2.45, 2.75) is 45.6 Å². The van der Waals surface area contributed by atoms with Crippen molar-refractivity contribution in [3.63, 3.8) is 0 Å². The number of piperidine rings is 1. The number of nitrogens with zero attached hydrogens (tertiary/aromatic N) is 2. The van der Waals surface area contributed by atoms with Gasteiger partial charge in [-0.15, -0.1) is 12.4 Å². The van der Waals surface area contributed by atoms with E-state index in [0.29, 0.717) is 17.0 Å². The summed E-state index contributed by atoms with van der Waals surface area (Å²) >= 11 is 0. The standard InChI is InChI=1S/C16H22N4O2.ClH/c1-9(2)13-8-12(14-10(3)20-22-16(14)19-13)15(21)18-11-4-6-17-7-5-11;/h8-9,11,17H,4-7H2,1-3H3,(H,18,21);1H. The summed E-state index contributed by atoms with van der Waals surface area (Å²) in [6.07, 6.45) is 1.92. The zero-order valence-electron chi connectivity index (χ0n) is 13.7. The molecule has 2 N–H and O–H groups in total. The summed E-state index contributed by atoms with van der Waals surface area (Å²) in [5.41, 5.74) is 2.61. The Bertz CT molecular complexity index is 693. The van der Waals surface area contributed by atoms with Crippen LogP contribution in [0.3, 0.4) is 0 Å². The van der Waals surface area contributed by atoms with E-state index in [2.05, 4.69) is 20.8 Å². The lowest BCUT2D eigenvalue weighted by Crippen LogP contribution is -2.42. The van der Waals surface area contributed by atoms with Crippen LogP contribution in [-0.2, 0) is 0 Å². The van der Waals surface area contributed by atoms with Crippen molar-refractivity contribution >= 4 is 29.4 Å². The van der Waals surface area contributed by atoms with Crippen LogP contribution in [0.4, 0.5) is 0 Å². The second-order valence-electron chi connectivity index (χ2n) is 6.20. The number of amides is 1. The van der Waals surface area contributed by atoms with E-state index in [1.54, 1.807) is 0 Å². The maximum atomic E-state index is 12.7. The molecule has 1 fully saturated rings. The number of carbonyl (C=O) groups is 1. The van der Waals surface area contributed by atoms with Crippen molar-refractivity contribution in [3.05, 3.63) is 23.0 Å². The van der Waals surface area contributed by atoms with Gasteiger partial charge >= 0.3 is 0 Å². The third-order valence-electron chi connectivity index (χ3n) is 4.15. The molecule has 126 valence electrons. The zero-order chi connectivity index (χ0) is 15.7. The number of hydrogen-bond acceptors (Lipinski definition) is 5. The first kappa shape index (κ1) is 17.7. The molecule has 6 nitrogen and oxygen atoms in total. The molecule has 0 saturated carbocycles. The Morgan fingerprint density at radius 1 is 1.39 bits per heavy atom. The number of aromatic nitrogens is 2. The quantitative estimate of drug-likeness (QED) is 0.899. The molecular weight excluding hydrogens is 316 g/mol. The fourth-order valence-electron chi connectivity index (χ4n) is 2.82. The van der Waals surface area contributed by atoms with Gasteiger partial charge in [-0.2, -0.15) is 0 Å². The van der Waals surface area contributed by atoms with Crippen LogP contribution in [-0.4, -0.2) is 35.2 Å². The van der Waals surface area contributed by atoms with Crippen molar-refractivity contribution in [1.82, 2.24) is 20.8 Å². The van der Waals surface area contributed by atoms with Gasteiger partial charge in [0.05, 0.1) is 16.6 Å². The summed E-state index contributed by atoms with van der Waals surface area (Å²) in [7, 11) is 0. The number of halogens is 1. The van der Waals surface area contributed by atoms with Crippen molar-refractivity contribution in [2.24, 2.45) is 0 Å². The predicted octanol–water partition coefficient (Wildman–Crippen LogP) is 2.56. The SMILES string of the molecule is Cc1noc2nc(C(C)C)cc(C(=O)NC3CCNCC3)c12.Cl. The Morgan fingerprint density at radius 2 is 2.09 bits per heavy atom. The van der Waals surface area contributed by atoms with Crippen LogP contribution in [0.2, 0.25) is 0 Å². The van der Waals surface area contributed by atoms with Gasteiger partial charge in [0.2, 0.25) is 0 Å². The van der Waals surface area contributed by atoms with Gasteiger partial charge < -0.3 is 15.2 Å². The summed E-state index contributed by atoms with van der Waals surface area (Å²) < 4.78 is 5.27. The molecule has 2 aromatic heterocycles. The molecule has 7 heteroatoms. The first-order valence-electron chi connectivity index (χ1n) is 7.84. The van der Waals surface area contributed by atoms with E-state index >= 15 is 0 Å². The largest absolute Gasteiger partial charge is 0.349 e. The molecule has 2 aromatic rings. The van der Waals surface area contributed by atoms with Gasteiger partial charge in [-0.25, -0.2) is 4.98 Å². The maximum absolute atomic E-state index is 12.7. The van der Waals surface area contributed by atoms with E-state index in [9.17, 15) is 4.79 Å². The first-order chi connectivity index (χ1) is 10.6. The molecule has 1 amide bonds. The number of hydrogen-bond donors (Lipinski definition) is 2. The van der Waals surface area contributed by atoms with Gasteiger partial charge in [-0.3, -0.25) is 4.79 Å². The molecule has 0 bridgehead atoms. The van der Waals surface area contributed by atoms with Crippen LogP contribution in [0, 0.1) is 6.92 Å². The summed E-state index contributed by atoms with van der Waals surface area (Å²) in [5.74, 6) is 0.160. The number of fused-ring (bicyclic) bond motifs is 1. The lowest BCUT2D eigenvalue weighted by Gasteiger charge is -2.23. The van der Waals surface area contributed by atoms with Crippen molar-refractivity contribution in [1.29, 1.82) is 0 Å². The van der Waals surface area contributed by atoms with Crippen molar-refractivity contribution in [2.75, 3.05) is 13.1 Å². The molecule has 1 aliphatic rings. The molecule has 0 atom stereocenters. The highest BCUT2D eigenvalue weighted by Crippen LogP contribution is 2.25. The molecular formula is C16H23ClN4O2. The predicted molar refractivity (Wildman–Crippen MR) is 91.2 cm³/mol. The topological polar surface area (TPSA) is 80.0 Å². The van der Waals surface area contributed by atoms with E-state index in [-0.39, 0.29) is 30.3 Å². The van der Waals surface area contributed by atoms with Gasteiger partial charge in [-0.1, -0.05) is 19.0 Å². The van der Waals surface area contributed by atoms with Gasteiger partial charge in [-0.05, 0) is 44.8 Å². The monoisotopic (exact) mass is 338 g/mol. The molecule has 3 rings (SSSR count). The fourth-order valence-corrected chi connectivity index (χ4v) is 2.82. The molecule has 0 unspecified atom stereocenters. The summed E-state index contributed by atoms with van der Waals surface area (Å²) in [6.45, 7) is 7.82. The summed E-state index contributed by atoms with van der Waals surface area (Å²) in [4.78, 5) is 17.2. The maximum Gasteiger partial charge on any atom is 0.259 e. The normalized spacial score (nSPS) is 15.7. The van der Waals surface area contributed by atoms with E-state index < -0.39 is 0 Å². The molecule has 0 aromatic carbocycles. The van der Waals surface area contributed by atoms with Crippen molar-refractivity contribution in [3.8, 4) is 0 Å². The lowest BCUT2D eigenvalue weighted by molar-refractivity contribution is 0.0931. The summed E-state index contributed by atoms with van der Waals surface area (Å²) in [5, 5.41) is 11.1. The minimum absolute atomic E-state index is 0. The second-order valence-corrected chi connectivity index (χ2v) is 6.20. The molecule has 1 saturated heterocycles. The van der Waals surface area contributed by atoms with Gasteiger partial charge in [0.1, 0.15) is 0 Å². The second kappa shape index (κ2) is 7.27. The molecule has 3 heterocycles. The van der Waals surface area contributed by atoms with Crippen molar-refractivity contribution < 1.29 is 9.32 Å². The molecule has 1 aliphatic heterocycles. The molecule has 0 radical (unpaired) electrons. The Morgan fingerprint density at radius 3 is 2.74 bits per heavy atom. The molecule has 23 heavy (non-hydrogen) atoms. The van der Waals surface area contributed by atoms with Crippen LogP contribution in [0.25, 0.3) is 11.1 Å². The first-order valence-corrected chi connectivity index (χ1v) is 7.84. The van der Waals surface area contributed by atoms with Crippen LogP contribution in [0.1, 0.15) is 54.4 Å². The third kappa shape index (κ3) is 3.64. The molecule has 0 spiro atoms. The highest BCUT2D eigenvalue weighted by molar-refractivity contribution is 6.06. The minimum atomic E-state index is -0.0625. The highest BCUT2D eigenvalue weighted by Gasteiger charge is 2.22. The van der Waals surface area contributed by atoms with E-state index in [0.717, 1.165) is 37.0 Å². The Labute approximate surface area is 141 Å². The zero-order valence-corrected chi connectivity index (χ0v) is 14.5. The summed E-state index contributed by atoms with van der Waals surface area (Å²) in [6, 6.07) is 2.09. The average molecular weight is 339 g/mol. The average Bonchev–Trinajstić information content (AvgIpc) is 2.89. The van der Waals surface area contributed by atoms with Crippen LogP contribution in [0.15, 0.2) is 10.6 Å². The number of carbonyl (C=O) groups excluding carboxylic acids is 1. The molecule has 0 aliphatic carbocycles. The smallest absolute Gasteiger partial charge is 0.259 e. The minimum Gasteiger partial charge on any atom is -0.349 e. The van der Waals surface area contributed by atoms with E-state index in [4.69, 9.17) is 4.52 Å². The Hall–Kier alpha value is -1.66. The fraction of sp³-hybridized carbons (Fsp3) is 0.562. The Kier molecular flexibility index (Phi) is 5.59. The number of aryl methyl sites for hydroxylation is 1. The third-order valence-corrected chi connectivity index (χ3v) is 4.15. The highest BCUT2D eigenvalue weighted by atomic mass is 35.5. The van der Waals surface area contributed by atoms with Crippen LogP contribution < -0.4 is 10.6 Å². The van der Waals surface area contributed by atoms with Crippen LogP contribution >= 0.6 is 12.4 Å². The number of rotatable bonds is 3. The Balaban J connectivity index is 0.00000192. The number of pyridine rings is 1.